The van der Waals surface area contributed by atoms with Crippen molar-refractivity contribution in [3.8, 4) is 5.75 Å². The standard InChI is InChI=1S/C16H25N3O2/c1-3-9-17-10-13-5-8-15(11-18-13)21-12-16(20)19(4-2)14-6-7-14/h5,8,11,14,17H,3-4,6-7,9-10,12H2,1-2H3. The van der Waals surface area contributed by atoms with Crippen LogP contribution in [-0.2, 0) is 11.3 Å². The van der Waals surface area contributed by atoms with Gasteiger partial charge in [-0.15, -0.1) is 0 Å². The summed E-state index contributed by atoms with van der Waals surface area (Å²) in [6.45, 7) is 6.75. The highest BCUT2D eigenvalue weighted by Crippen LogP contribution is 2.26. The molecule has 1 aromatic rings. The van der Waals surface area contributed by atoms with E-state index in [0.29, 0.717) is 11.8 Å². The van der Waals surface area contributed by atoms with Gasteiger partial charge in [0.2, 0.25) is 0 Å². The molecule has 0 radical (unpaired) electrons. The van der Waals surface area contributed by atoms with Gasteiger partial charge in [0, 0.05) is 19.1 Å². The maximum Gasteiger partial charge on any atom is 0.260 e. The number of rotatable bonds is 9. The van der Waals surface area contributed by atoms with Gasteiger partial charge in [-0.05, 0) is 44.9 Å². The van der Waals surface area contributed by atoms with Crippen molar-refractivity contribution in [3.63, 3.8) is 0 Å². The Morgan fingerprint density at radius 2 is 2.24 bits per heavy atom. The number of likely N-dealkylation sites (N-methyl/N-ethyl adjacent to an activating group) is 1. The second-order valence-corrected chi connectivity index (χ2v) is 5.36. The fourth-order valence-electron chi connectivity index (χ4n) is 2.25. The molecule has 0 aliphatic heterocycles. The van der Waals surface area contributed by atoms with Gasteiger partial charge in [0.1, 0.15) is 5.75 Å². The van der Waals surface area contributed by atoms with E-state index in [4.69, 9.17) is 4.74 Å². The zero-order valence-corrected chi connectivity index (χ0v) is 13.0. The highest BCUT2D eigenvalue weighted by Gasteiger charge is 2.31. The summed E-state index contributed by atoms with van der Waals surface area (Å²) in [5, 5.41) is 3.30. The Bertz CT molecular complexity index is 443. The van der Waals surface area contributed by atoms with E-state index in [1.54, 1.807) is 6.20 Å². The monoisotopic (exact) mass is 291 g/mol. The molecule has 1 heterocycles. The fourth-order valence-corrected chi connectivity index (χ4v) is 2.25. The van der Waals surface area contributed by atoms with Crippen molar-refractivity contribution in [1.82, 2.24) is 15.2 Å². The summed E-state index contributed by atoms with van der Waals surface area (Å²) >= 11 is 0. The average molecular weight is 291 g/mol. The van der Waals surface area contributed by atoms with E-state index in [0.717, 1.165) is 44.6 Å². The number of nitrogens with zero attached hydrogens (tertiary/aromatic N) is 2. The molecule has 1 aromatic heterocycles. The number of ether oxygens (including phenoxy) is 1. The highest BCUT2D eigenvalue weighted by molar-refractivity contribution is 5.78. The topological polar surface area (TPSA) is 54.5 Å². The number of hydrogen-bond acceptors (Lipinski definition) is 4. The largest absolute Gasteiger partial charge is 0.482 e. The first kappa shape index (κ1) is 15.8. The number of aromatic nitrogens is 1. The first-order valence-corrected chi connectivity index (χ1v) is 7.82. The van der Waals surface area contributed by atoms with Crippen molar-refractivity contribution in [2.45, 2.75) is 45.7 Å². The Labute approximate surface area is 126 Å². The summed E-state index contributed by atoms with van der Waals surface area (Å²) in [6, 6.07) is 4.24. The van der Waals surface area contributed by atoms with Crippen molar-refractivity contribution in [2.75, 3.05) is 19.7 Å². The van der Waals surface area contributed by atoms with E-state index in [-0.39, 0.29) is 12.5 Å². The van der Waals surface area contributed by atoms with Crippen LogP contribution in [0.5, 0.6) is 5.75 Å². The summed E-state index contributed by atoms with van der Waals surface area (Å²) < 4.78 is 5.54. The molecule has 0 unspecified atom stereocenters. The molecule has 1 saturated carbocycles. The third-order valence-electron chi connectivity index (χ3n) is 3.54. The van der Waals surface area contributed by atoms with Crippen molar-refractivity contribution in [3.05, 3.63) is 24.0 Å². The molecular weight excluding hydrogens is 266 g/mol. The quantitative estimate of drug-likeness (QED) is 0.707. The van der Waals surface area contributed by atoms with Crippen LogP contribution in [0.1, 0.15) is 38.8 Å². The van der Waals surface area contributed by atoms with Crippen LogP contribution in [0, 0.1) is 0 Å². The minimum absolute atomic E-state index is 0.0636. The average Bonchev–Trinajstić information content (AvgIpc) is 3.32. The van der Waals surface area contributed by atoms with Crippen LogP contribution in [0.25, 0.3) is 0 Å². The first-order chi connectivity index (χ1) is 10.2. The zero-order valence-electron chi connectivity index (χ0n) is 13.0. The van der Waals surface area contributed by atoms with E-state index < -0.39 is 0 Å². The van der Waals surface area contributed by atoms with Crippen LogP contribution in [0.4, 0.5) is 0 Å². The van der Waals surface area contributed by atoms with E-state index in [2.05, 4.69) is 17.2 Å². The minimum atomic E-state index is 0.0636. The molecule has 21 heavy (non-hydrogen) atoms. The third kappa shape index (κ3) is 5.01. The number of nitrogens with one attached hydrogen (secondary N) is 1. The van der Waals surface area contributed by atoms with Crippen molar-refractivity contribution < 1.29 is 9.53 Å². The Morgan fingerprint density at radius 3 is 2.81 bits per heavy atom. The van der Waals surface area contributed by atoms with Gasteiger partial charge in [-0.25, -0.2) is 0 Å². The maximum atomic E-state index is 12.0. The summed E-state index contributed by atoms with van der Waals surface area (Å²) in [4.78, 5) is 18.3. The molecule has 2 rings (SSSR count). The smallest absolute Gasteiger partial charge is 0.260 e. The number of carbonyl (C=O) groups is 1. The molecule has 5 heteroatoms. The number of hydrogen-bond donors (Lipinski definition) is 1. The van der Waals surface area contributed by atoms with E-state index in [1.165, 1.54) is 0 Å². The maximum absolute atomic E-state index is 12.0. The SMILES string of the molecule is CCCNCc1ccc(OCC(=O)N(CC)C2CC2)cn1. The predicted octanol–water partition coefficient (Wildman–Crippen LogP) is 1.97. The molecular formula is C16H25N3O2. The minimum Gasteiger partial charge on any atom is -0.482 e. The lowest BCUT2D eigenvalue weighted by molar-refractivity contribution is -0.133. The molecule has 0 aromatic carbocycles. The van der Waals surface area contributed by atoms with Gasteiger partial charge in [-0.3, -0.25) is 9.78 Å². The Morgan fingerprint density at radius 1 is 1.43 bits per heavy atom. The fraction of sp³-hybridized carbons (Fsp3) is 0.625. The molecule has 0 saturated heterocycles. The first-order valence-electron chi connectivity index (χ1n) is 7.82. The van der Waals surface area contributed by atoms with Gasteiger partial charge in [0.15, 0.2) is 6.61 Å². The molecule has 1 aliphatic rings. The predicted molar refractivity (Wildman–Crippen MR) is 82.1 cm³/mol. The Hall–Kier alpha value is -1.62. The molecule has 1 fully saturated rings. The van der Waals surface area contributed by atoms with Crippen LogP contribution >= 0.6 is 0 Å². The summed E-state index contributed by atoms with van der Waals surface area (Å²) in [7, 11) is 0. The second-order valence-electron chi connectivity index (χ2n) is 5.36. The molecule has 116 valence electrons. The van der Waals surface area contributed by atoms with Gasteiger partial charge in [-0.2, -0.15) is 0 Å². The van der Waals surface area contributed by atoms with Crippen molar-refractivity contribution in [1.29, 1.82) is 0 Å². The van der Waals surface area contributed by atoms with Crippen LogP contribution < -0.4 is 10.1 Å². The highest BCUT2D eigenvalue weighted by atomic mass is 16.5. The molecule has 5 nitrogen and oxygen atoms in total. The molecule has 1 aliphatic carbocycles. The molecule has 0 spiro atoms. The van der Waals surface area contributed by atoms with Gasteiger partial charge in [0.25, 0.3) is 5.91 Å². The third-order valence-corrected chi connectivity index (χ3v) is 3.54. The lowest BCUT2D eigenvalue weighted by Gasteiger charge is -2.20. The van der Waals surface area contributed by atoms with Gasteiger partial charge in [-0.1, -0.05) is 6.92 Å². The summed E-state index contributed by atoms with van der Waals surface area (Å²) in [5.74, 6) is 0.711. The lowest BCUT2D eigenvalue weighted by Crippen LogP contribution is -2.36. The summed E-state index contributed by atoms with van der Waals surface area (Å²) in [5.41, 5.74) is 0.982. The van der Waals surface area contributed by atoms with Crippen molar-refractivity contribution in [2.24, 2.45) is 0 Å². The van der Waals surface area contributed by atoms with Gasteiger partial charge in [0.05, 0.1) is 11.9 Å². The van der Waals surface area contributed by atoms with Crippen LogP contribution in [0.3, 0.4) is 0 Å². The Kier molecular flexibility index (Phi) is 5.99. The van der Waals surface area contributed by atoms with Crippen LogP contribution in [0.2, 0.25) is 0 Å². The second kappa shape index (κ2) is 7.98. The molecule has 1 amide bonds. The Balaban J connectivity index is 1.76. The van der Waals surface area contributed by atoms with E-state index >= 15 is 0 Å². The normalized spacial score (nSPS) is 14.0. The molecule has 0 bridgehead atoms. The van der Waals surface area contributed by atoms with Gasteiger partial charge >= 0.3 is 0 Å². The van der Waals surface area contributed by atoms with Gasteiger partial charge < -0.3 is 15.0 Å². The van der Waals surface area contributed by atoms with Crippen molar-refractivity contribution >= 4 is 5.91 Å². The number of pyridine rings is 1. The van der Waals surface area contributed by atoms with E-state index in [9.17, 15) is 4.79 Å². The lowest BCUT2D eigenvalue weighted by atomic mass is 10.3. The van der Waals surface area contributed by atoms with Crippen LogP contribution in [0.15, 0.2) is 18.3 Å². The zero-order chi connectivity index (χ0) is 15.1. The summed E-state index contributed by atoms with van der Waals surface area (Å²) in [6.07, 6.45) is 5.04. The van der Waals surface area contributed by atoms with Crippen LogP contribution in [-0.4, -0.2) is 41.5 Å². The van der Waals surface area contributed by atoms with E-state index in [1.807, 2.05) is 24.0 Å². The molecule has 1 N–H and O–H groups in total. The number of amides is 1. The molecule has 0 atom stereocenters. The number of carbonyl (C=O) groups excluding carboxylic acids is 1.